The van der Waals surface area contributed by atoms with E-state index in [1.807, 2.05) is 72.8 Å². The van der Waals surface area contributed by atoms with Gasteiger partial charge in [0.15, 0.2) is 0 Å². The van der Waals surface area contributed by atoms with Crippen LogP contribution in [0.4, 0.5) is 5.69 Å². The van der Waals surface area contributed by atoms with Gasteiger partial charge in [0.25, 0.3) is 0 Å². The summed E-state index contributed by atoms with van der Waals surface area (Å²) in [7, 11) is 0. The first-order chi connectivity index (χ1) is 12.8. The van der Waals surface area contributed by atoms with Crippen molar-refractivity contribution in [3.63, 3.8) is 0 Å². The summed E-state index contributed by atoms with van der Waals surface area (Å²) in [6.45, 7) is 0.502. The minimum absolute atomic E-state index is 0.221. The average Bonchev–Trinajstić information content (AvgIpc) is 3.05. The molecule has 2 N–H and O–H groups in total. The van der Waals surface area contributed by atoms with E-state index in [1.54, 1.807) is 6.21 Å². The van der Waals surface area contributed by atoms with Crippen molar-refractivity contribution in [3.8, 4) is 5.75 Å². The van der Waals surface area contributed by atoms with Crippen molar-refractivity contribution in [3.05, 3.63) is 94.4 Å². The lowest BCUT2D eigenvalue weighted by atomic mass is 10.2. The topological polar surface area (TPSA) is 70.2 Å². The van der Waals surface area contributed by atoms with Gasteiger partial charge in [-0.1, -0.05) is 42.5 Å². The number of nitrogens with zero attached hydrogens (tertiary/aromatic N) is 1. The summed E-state index contributed by atoms with van der Waals surface area (Å²) in [5.74, 6) is 0.774. The number of H-pyrrole nitrogens is 2. The largest absolute Gasteiger partial charge is 0.488 e. The number of fused-ring (bicyclic) bond motifs is 1. The van der Waals surface area contributed by atoms with E-state index in [2.05, 4.69) is 15.0 Å². The molecule has 1 heterocycles. The van der Waals surface area contributed by atoms with Gasteiger partial charge in [-0.25, -0.2) is 4.79 Å². The van der Waals surface area contributed by atoms with Crippen LogP contribution in [0.2, 0.25) is 0 Å². The number of ether oxygens (including phenoxy) is 1. The number of benzene rings is 3. The summed E-state index contributed by atoms with van der Waals surface area (Å²) < 4.78 is 5.94. The molecule has 0 radical (unpaired) electrons. The third-order valence-corrected chi connectivity index (χ3v) is 4.01. The molecule has 128 valence electrons. The lowest BCUT2D eigenvalue weighted by Crippen LogP contribution is -1.99. The number of aromatic amines is 2. The van der Waals surface area contributed by atoms with Crippen LogP contribution in [0.25, 0.3) is 11.0 Å². The number of rotatable bonds is 5. The summed E-state index contributed by atoms with van der Waals surface area (Å²) in [5.41, 5.74) is 4.04. The lowest BCUT2D eigenvalue weighted by Gasteiger charge is -2.09. The Morgan fingerprint density at radius 3 is 2.54 bits per heavy atom. The second-order valence-electron chi connectivity index (χ2n) is 5.88. The molecule has 26 heavy (non-hydrogen) atoms. The van der Waals surface area contributed by atoms with E-state index >= 15 is 0 Å². The third-order valence-electron chi connectivity index (χ3n) is 4.01. The van der Waals surface area contributed by atoms with Gasteiger partial charge in [-0.2, -0.15) is 0 Å². The van der Waals surface area contributed by atoms with E-state index in [9.17, 15) is 4.79 Å². The summed E-state index contributed by atoms with van der Waals surface area (Å²) >= 11 is 0. The molecule has 0 spiro atoms. The van der Waals surface area contributed by atoms with Gasteiger partial charge in [-0.05, 0) is 35.9 Å². The molecule has 3 aromatic carbocycles. The fourth-order valence-corrected chi connectivity index (χ4v) is 2.70. The Kier molecular flexibility index (Phi) is 4.35. The summed E-state index contributed by atoms with van der Waals surface area (Å²) in [6, 6.07) is 23.3. The SMILES string of the molecule is O=c1[nH]c2ccc(N=Cc3ccccc3OCc3ccccc3)cc2[nH]1. The summed E-state index contributed by atoms with van der Waals surface area (Å²) in [4.78, 5) is 21.3. The Morgan fingerprint density at radius 1 is 0.885 bits per heavy atom. The minimum atomic E-state index is -0.221. The molecular formula is C21H17N3O2. The zero-order chi connectivity index (χ0) is 17.8. The molecule has 0 aliphatic rings. The first-order valence-electron chi connectivity index (χ1n) is 8.30. The van der Waals surface area contributed by atoms with Crippen molar-refractivity contribution in [2.45, 2.75) is 6.61 Å². The van der Waals surface area contributed by atoms with Crippen LogP contribution in [-0.2, 0) is 6.61 Å². The van der Waals surface area contributed by atoms with Crippen molar-refractivity contribution in [1.29, 1.82) is 0 Å². The fraction of sp³-hybridized carbons (Fsp3) is 0.0476. The molecule has 4 rings (SSSR count). The third kappa shape index (κ3) is 3.57. The highest BCUT2D eigenvalue weighted by molar-refractivity contribution is 5.87. The molecule has 4 aromatic rings. The number of aliphatic imine (C=N–C) groups is 1. The second kappa shape index (κ2) is 7.11. The van der Waals surface area contributed by atoms with Crippen molar-refractivity contribution >= 4 is 22.9 Å². The number of para-hydroxylation sites is 1. The first-order valence-corrected chi connectivity index (χ1v) is 8.30. The van der Waals surface area contributed by atoms with E-state index in [4.69, 9.17) is 4.74 Å². The molecule has 0 aliphatic heterocycles. The minimum Gasteiger partial charge on any atom is -0.488 e. The molecule has 0 saturated heterocycles. The molecule has 1 aromatic heterocycles. The van der Waals surface area contributed by atoms with Gasteiger partial charge in [0.2, 0.25) is 0 Å². The lowest BCUT2D eigenvalue weighted by molar-refractivity contribution is 0.306. The number of imidazole rings is 1. The predicted octanol–water partition coefficient (Wildman–Crippen LogP) is 4.19. The molecule has 0 fully saturated rings. The zero-order valence-electron chi connectivity index (χ0n) is 14.0. The maximum absolute atomic E-state index is 11.3. The van der Waals surface area contributed by atoms with Gasteiger partial charge in [0, 0.05) is 11.8 Å². The molecule has 0 aliphatic carbocycles. The van der Waals surface area contributed by atoms with Crippen molar-refractivity contribution in [2.75, 3.05) is 0 Å². The van der Waals surface area contributed by atoms with Gasteiger partial charge >= 0.3 is 5.69 Å². The standard InChI is InChI=1S/C21H17N3O2/c25-21-23-18-11-10-17(12-19(18)24-21)22-13-16-8-4-5-9-20(16)26-14-15-6-2-1-3-7-15/h1-13H,14H2,(H2,23,24,25). The Balaban J connectivity index is 1.55. The molecule has 0 amide bonds. The van der Waals surface area contributed by atoms with Crippen LogP contribution in [0.1, 0.15) is 11.1 Å². The fourth-order valence-electron chi connectivity index (χ4n) is 2.70. The van der Waals surface area contributed by atoms with Crippen molar-refractivity contribution < 1.29 is 4.74 Å². The molecule has 5 heteroatoms. The Morgan fingerprint density at radius 2 is 1.65 bits per heavy atom. The summed E-state index contributed by atoms with van der Waals surface area (Å²) in [6.07, 6.45) is 1.77. The maximum atomic E-state index is 11.3. The Hall–Kier alpha value is -3.60. The maximum Gasteiger partial charge on any atom is 0.323 e. The molecule has 0 atom stereocenters. The number of hydrogen-bond donors (Lipinski definition) is 2. The van der Waals surface area contributed by atoms with Gasteiger partial charge < -0.3 is 14.7 Å². The van der Waals surface area contributed by atoms with Crippen LogP contribution in [0, 0.1) is 0 Å². The zero-order valence-corrected chi connectivity index (χ0v) is 14.0. The number of nitrogens with one attached hydrogen (secondary N) is 2. The average molecular weight is 343 g/mol. The highest BCUT2D eigenvalue weighted by atomic mass is 16.5. The molecule has 0 bridgehead atoms. The monoisotopic (exact) mass is 343 g/mol. The first kappa shape index (κ1) is 15.9. The van der Waals surface area contributed by atoms with Gasteiger partial charge in [-0.3, -0.25) is 4.99 Å². The van der Waals surface area contributed by atoms with Crippen LogP contribution in [0.15, 0.2) is 82.6 Å². The second-order valence-corrected chi connectivity index (χ2v) is 5.88. The molecule has 0 unspecified atom stereocenters. The molecule has 5 nitrogen and oxygen atoms in total. The Bertz CT molecular complexity index is 1110. The quantitative estimate of drug-likeness (QED) is 0.534. The van der Waals surface area contributed by atoms with E-state index < -0.39 is 0 Å². The Labute approximate surface area is 150 Å². The highest BCUT2D eigenvalue weighted by Gasteiger charge is 2.02. The van der Waals surface area contributed by atoms with Gasteiger partial charge in [-0.15, -0.1) is 0 Å². The summed E-state index contributed by atoms with van der Waals surface area (Å²) in [5, 5.41) is 0. The molecular weight excluding hydrogens is 326 g/mol. The van der Waals surface area contributed by atoms with E-state index in [-0.39, 0.29) is 5.69 Å². The van der Waals surface area contributed by atoms with Crippen LogP contribution >= 0.6 is 0 Å². The van der Waals surface area contributed by atoms with E-state index in [0.29, 0.717) is 6.61 Å². The predicted molar refractivity (Wildman–Crippen MR) is 103 cm³/mol. The van der Waals surface area contributed by atoms with Crippen LogP contribution in [0.3, 0.4) is 0 Å². The number of aromatic nitrogens is 2. The van der Waals surface area contributed by atoms with Crippen LogP contribution in [-0.4, -0.2) is 16.2 Å². The highest BCUT2D eigenvalue weighted by Crippen LogP contribution is 2.21. The van der Waals surface area contributed by atoms with Crippen molar-refractivity contribution in [2.24, 2.45) is 4.99 Å². The van der Waals surface area contributed by atoms with Crippen LogP contribution < -0.4 is 10.4 Å². The normalized spacial score (nSPS) is 11.2. The number of hydrogen-bond acceptors (Lipinski definition) is 3. The van der Waals surface area contributed by atoms with E-state index in [0.717, 1.165) is 33.6 Å². The van der Waals surface area contributed by atoms with Crippen molar-refractivity contribution in [1.82, 2.24) is 9.97 Å². The smallest absolute Gasteiger partial charge is 0.323 e. The van der Waals surface area contributed by atoms with Gasteiger partial charge in [0.1, 0.15) is 12.4 Å². The van der Waals surface area contributed by atoms with Crippen LogP contribution in [0.5, 0.6) is 5.75 Å². The van der Waals surface area contributed by atoms with Gasteiger partial charge in [0.05, 0.1) is 16.7 Å². The van der Waals surface area contributed by atoms with E-state index in [1.165, 1.54) is 0 Å². The molecule has 0 saturated carbocycles.